The number of piperidine rings is 1. The maximum Gasteiger partial charge on any atom is 0.257 e. The number of rotatable bonds is 4. The van der Waals surface area contributed by atoms with E-state index < -0.39 is 0 Å². The molecule has 6 heteroatoms. The van der Waals surface area contributed by atoms with E-state index in [1.165, 1.54) is 24.1 Å². The number of thiazole rings is 1. The third-order valence-electron chi connectivity index (χ3n) is 4.02. The Morgan fingerprint density at radius 1 is 1.41 bits per heavy atom. The van der Waals surface area contributed by atoms with E-state index in [1.807, 2.05) is 6.20 Å². The first-order valence-corrected chi connectivity index (χ1v) is 8.44. The molecule has 1 aliphatic heterocycles. The summed E-state index contributed by atoms with van der Waals surface area (Å²) in [6, 6.07) is 4.02. The van der Waals surface area contributed by atoms with Gasteiger partial charge in [0.05, 0.1) is 0 Å². The Kier molecular flexibility index (Phi) is 4.80. The van der Waals surface area contributed by atoms with Gasteiger partial charge >= 0.3 is 0 Å². The predicted octanol–water partition coefficient (Wildman–Crippen LogP) is 3.16. The fraction of sp³-hybridized carbons (Fsp3) is 0.438. The lowest BCUT2D eigenvalue weighted by atomic mass is 10.0. The molecule has 1 saturated heterocycles. The number of carbonyl (C=O) groups excluding carboxylic acids is 1. The lowest BCUT2D eigenvalue weighted by molar-refractivity contribution is 0.102. The monoisotopic (exact) mass is 316 g/mol. The molecule has 2 aromatic heterocycles. The van der Waals surface area contributed by atoms with Gasteiger partial charge in [0, 0.05) is 41.6 Å². The van der Waals surface area contributed by atoms with Crippen LogP contribution in [0.1, 0.15) is 41.4 Å². The Hall–Kier alpha value is -1.79. The van der Waals surface area contributed by atoms with Gasteiger partial charge in [0.2, 0.25) is 0 Å². The number of carbonyl (C=O) groups is 1. The van der Waals surface area contributed by atoms with Crippen LogP contribution in [0.4, 0.5) is 5.13 Å². The van der Waals surface area contributed by atoms with Crippen molar-refractivity contribution in [2.24, 2.45) is 0 Å². The highest BCUT2D eigenvalue weighted by molar-refractivity contribution is 7.15. The quantitative estimate of drug-likeness (QED) is 0.941. The fourth-order valence-electron chi connectivity index (χ4n) is 2.70. The Labute approximate surface area is 134 Å². The number of amides is 1. The summed E-state index contributed by atoms with van der Waals surface area (Å²) >= 11 is 1.55. The first kappa shape index (κ1) is 15.1. The number of nitrogens with one attached hydrogen (secondary N) is 1. The molecule has 0 radical (unpaired) electrons. The molecule has 0 aliphatic carbocycles. The van der Waals surface area contributed by atoms with E-state index in [2.05, 4.69) is 27.1 Å². The van der Waals surface area contributed by atoms with Gasteiger partial charge in [-0.15, -0.1) is 11.3 Å². The van der Waals surface area contributed by atoms with Crippen LogP contribution in [0, 0.1) is 0 Å². The van der Waals surface area contributed by atoms with Gasteiger partial charge in [-0.05, 0) is 38.4 Å². The molecular weight excluding hydrogens is 296 g/mol. The Morgan fingerprint density at radius 2 is 2.23 bits per heavy atom. The highest BCUT2D eigenvalue weighted by Gasteiger charge is 2.19. The smallest absolute Gasteiger partial charge is 0.257 e. The summed E-state index contributed by atoms with van der Waals surface area (Å²) in [6.07, 6.45) is 8.96. The van der Waals surface area contributed by atoms with Crippen LogP contribution in [0.5, 0.6) is 0 Å². The minimum atomic E-state index is -0.144. The lowest BCUT2D eigenvalue weighted by Gasteiger charge is -2.32. The number of likely N-dealkylation sites (tertiary alicyclic amines) is 1. The highest BCUT2D eigenvalue weighted by Crippen LogP contribution is 2.24. The fourth-order valence-corrected chi connectivity index (χ4v) is 3.54. The molecular formula is C16H20N4OS. The second-order valence-corrected chi connectivity index (χ2v) is 6.75. The van der Waals surface area contributed by atoms with Gasteiger partial charge in [0.1, 0.15) is 0 Å². The third kappa shape index (κ3) is 3.69. The van der Waals surface area contributed by atoms with Crippen molar-refractivity contribution >= 4 is 22.4 Å². The van der Waals surface area contributed by atoms with Crippen LogP contribution in [-0.4, -0.2) is 33.4 Å². The molecule has 1 fully saturated rings. The van der Waals surface area contributed by atoms with E-state index in [-0.39, 0.29) is 5.91 Å². The number of pyridine rings is 1. The SMILES string of the molecule is CC1CCCCN1Cc1cnc(NC(=O)c2ccncc2)s1. The first-order valence-electron chi connectivity index (χ1n) is 7.62. The summed E-state index contributed by atoms with van der Waals surface area (Å²) in [5, 5.41) is 3.50. The molecule has 3 heterocycles. The van der Waals surface area contributed by atoms with Gasteiger partial charge in [0.25, 0.3) is 5.91 Å². The summed E-state index contributed by atoms with van der Waals surface area (Å²) < 4.78 is 0. The molecule has 0 saturated carbocycles. The number of hydrogen-bond donors (Lipinski definition) is 1. The number of hydrogen-bond acceptors (Lipinski definition) is 5. The van der Waals surface area contributed by atoms with E-state index in [1.54, 1.807) is 35.9 Å². The second kappa shape index (κ2) is 6.98. The van der Waals surface area contributed by atoms with Crippen LogP contribution < -0.4 is 5.32 Å². The van der Waals surface area contributed by atoms with E-state index in [0.29, 0.717) is 16.7 Å². The molecule has 1 atom stereocenters. The Bertz CT molecular complexity index is 628. The van der Waals surface area contributed by atoms with Crippen molar-refractivity contribution in [2.75, 3.05) is 11.9 Å². The molecule has 1 N–H and O–H groups in total. The van der Waals surface area contributed by atoms with Crippen LogP contribution >= 0.6 is 11.3 Å². The predicted molar refractivity (Wildman–Crippen MR) is 88.0 cm³/mol. The molecule has 3 rings (SSSR count). The van der Waals surface area contributed by atoms with E-state index in [0.717, 1.165) is 13.1 Å². The van der Waals surface area contributed by atoms with Crippen molar-refractivity contribution in [3.8, 4) is 0 Å². The highest BCUT2D eigenvalue weighted by atomic mass is 32.1. The van der Waals surface area contributed by atoms with Crippen molar-refractivity contribution in [1.82, 2.24) is 14.9 Å². The number of anilines is 1. The van der Waals surface area contributed by atoms with Gasteiger partial charge in [-0.1, -0.05) is 6.42 Å². The molecule has 0 aromatic carbocycles. The summed E-state index contributed by atoms with van der Waals surface area (Å²) in [7, 11) is 0. The minimum Gasteiger partial charge on any atom is -0.298 e. The van der Waals surface area contributed by atoms with Crippen LogP contribution in [0.25, 0.3) is 0 Å². The van der Waals surface area contributed by atoms with E-state index >= 15 is 0 Å². The summed E-state index contributed by atoms with van der Waals surface area (Å²) in [4.78, 5) is 24.0. The minimum absolute atomic E-state index is 0.144. The maximum absolute atomic E-state index is 12.1. The van der Waals surface area contributed by atoms with Crippen molar-refractivity contribution in [3.63, 3.8) is 0 Å². The zero-order chi connectivity index (χ0) is 15.4. The molecule has 22 heavy (non-hydrogen) atoms. The molecule has 0 bridgehead atoms. The molecule has 1 unspecified atom stereocenters. The topological polar surface area (TPSA) is 58.1 Å². The van der Waals surface area contributed by atoms with Gasteiger partial charge in [0.15, 0.2) is 5.13 Å². The standard InChI is InChI=1S/C16H20N4OS/c1-12-4-2-3-9-20(12)11-14-10-18-16(22-14)19-15(21)13-5-7-17-8-6-13/h5-8,10,12H,2-4,9,11H2,1H3,(H,18,19,21). The molecule has 5 nitrogen and oxygen atoms in total. The zero-order valence-corrected chi connectivity index (χ0v) is 13.5. The van der Waals surface area contributed by atoms with Crippen LogP contribution in [-0.2, 0) is 6.54 Å². The largest absolute Gasteiger partial charge is 0.298 e. The van der Waals surface area contributed by atoms with E-state index in [9.17, 15) is 4.79 Å². The van der Waals surface area contributed by atoms with E-state index in [4.69, 9.17) is 0 Å². The molecule has 2 aromatic rings. The van der Waals surface area contributed by atoms with Gasteiger partial charge in [-0.25, -0.2) is 4.98 Å². The molecule has 0 spiro atoms. The third-order valence-corrected chi connectivity index (χ3v) is 4.91. The average molecular weight is 316 g/mol. The average Bonchev–Trinajstić information content (AvgIpc) is 2.97. The zero-order valence-electron chi connectivity index (χ0n) is 12.7. The van der Waals surface area contributed by atoms with Crippen molar-refractivity contribution in [1.29, 1.82) is 0 Å². The Balaban J connectivity index is 1.60. The van der Waals surface area contributed by atoms with Crippen molar-refractivity contribution in [3.05, 3.63) is 41.2 Å². The number of nitrogens with zero attached hydrogens (tertiary/aromatic N) is 3. The van der Waals surface area contributed by atoms with Crippen molar-refractivity contribution in [2.45, 2.75) is 38.8 Å². The van der Waals surface area contributed by atoms with Gasteiger partial charge in [-0.3, -0.25) is 20.0 Å². The molecule has 116 valence electrons. The van der Waals surface area contributed by atoms with Crippen LogP contribution in [0.3, 0.4) is 0 Å². The molecule has 1 amide bonds. The summed E-state index contributed by atoms with van der Waals surface area (Å²) in [5.41, 5.74) is 0.594. The van der Waals surface area contributed by atoms with Gasteiger partial charge < -0.3 is 0 Å². The summed E-state index contributed by atoms with van der Waals surface area (Å²) in [5.74, 6) is -0.144. The second-order valence-electron chi connectivity index (χ2n) is 5.64. The van der Waals surface area contributed by atoms with Crippen LogP contribution in [0.2, 0.25) is 0 Å². The Morgan fingerprint density at radius 3 is 3.00 bits per heavy atom. The number of aromatic nitrogens is 2. The summed E-state index contributed by atoms with van der Waals surface area (Å²) in [6.45, 7) is 4.36. The van der Waals surface area contributed by atoms with Gasteiger partial charge in [-0.2, -0.15) is 0 Å². The lowest BCUT2D eigenvalue weighted by Crippen LogP contribution is -2.36. The van der Waals surface area contributed by atoms with Crippen molar-refractivity contribution < 1.29 is 4.79 Å². The first-order chi connectivity index (χ1) is 10.7. The van der Waals surface area contributed by atoms with Crippen LogP contribution in [0.15, 0.2) is 30.7 Å². The maximum atomic E-state index is 12.1. The normalized spacial score (nSPS) is 19.0. The molecule has 1 aliphatic rings.